The number of rotatable bonds is 2. The molecule has 0 radical (unpaired) electrons. The van der Waals surface area contributed by atoms with Crippen molar-refractivity contribution in [3.8, 4) is 11.3 Å². The van der Waals surface area contributed by atoms with Crippen molar-refractivity contribution in [1.29, 1.82) is 0 Å². The van der Waals surface area contributed by atoms with E-state index < -0.39 is 0 Å². The molecule has 2 aliphatic rings. The molecule has 4 rings (SSSR count). The molecule has 0 bridgehead atoms. The molecule has 1 saturated heterocycles. The van der Waals surface area contributed by atoms with Crippen LogP contribution in [-0.4, -0.2) is 23.6 Å². The Bertz CT molecular complexity index is 689. The van der Waals surface area contributed by atoms with Crippen LogP contribution in [0.4, 0.5) is 5.13 Å². The van der Waals surface area contributed by atoms with Gasteiger partial charge in [0.15, 0.2) is 5.13 Å². The normalized spacial score (nSPS) is 19.9. The van der Waals surface area contributed by atoms with E-state index in [0.717, 1.165) is 31.4 Å². The van der Waals surface area contributed by atoms with Crippen molar-refractivity contribution in [3.63, 3.8) is 0 Å². The molecule has 0 spiro atoms. The van der Waals surface area contributed by atoms with Gasteiger partial charge in [0.1, 0.15) is 6.10 Å². The number of amides is 1. The molecule has 2 heterocycles. The van der Waals surface area contributed by atoms with Crippen molar-refractivity contribution in [1.82, 2.24) is 4.98 Å². The summed E-state index contributed by atoms with van der Waals surface area (Å²) in [4.78, 5) is 18.0. The number of carbonyl (C=O) groups excluding carboxylic acids is 1. The van der Waals surface area contributed by atoms with E-state index in [-0.39, 0.29) is 12.0 Å². The average molecular weight is 300 g/mol. The number of aromatic nitrogens is 1. The summed E-state index contributed by atoms with van der Waals surface area (Å²) in [5.74, 6) is -0.0631. The molecular weight excluding hydrogens is 284 g/mol. The summed E-state index contributed by atoms with van der Waals surface area (Å²) in [6.45, 7) is 0.680. The van der Waals surface area contributed by atoms with Crippen molar-refractivity contribution in [2.75, 3.05) is 11.9 Å². The highest BCUT2D eigenvalue weighted by Gasteiger charge is 2.26. The largest absolute Gasteiger partial charge is 0.368 e. The Morgan fingerprint density at radius 3 is 3.10 bits per heavy atom. The van der Waals surface area contributed by atoms with Gasteiger partial charge in [-0.15, -0.1) is 11.3 Å². The van der Waals surface area contributed by atoms with Gasteiger partial charge in [0, 0.05) is 17.0 Å². The molecule has 0 unspecified atom stereocenters. The Balaban J connectivity index is 1.60. The number of nitrogens with one attached hydrogen (secondary N) is 1. The second-order valence-corrected chi connectivity index (χ2v) is 6.52. The van der Waals surface area contributed by atoms with Gasteiger partial charge in [-0.1, -0.05) is 24.3 Å². The van der Waals surface area contributed by atoms with Crippen LogP contribution in [-0.2, 0) is 22.4 Å². The van der Waals surface area contributed by atoms with Crippen LogP contribution in [0.25, 0.3) is 11.3 Å². The van der Waals surface area contributed by atoms with E-state index in [9.17, 15) is 4.79 Å². The number of ether oxygens (including phenoxy) is 1. The zero-order chi connectivity index (χ0) is 14.2. The third-order valence-corrected chi connectivity index (χ3v) is 5.07. The summed E-state index contributed by atoms with van der Waals surface area (Å²) in [6, 6.07) is 8.37. The highest BCUT2D eigenvalue weighted by molar-refractivity contribution is 7.16. The Labute approximate surface area is 127 Å². The first-order chi connectivity index (χ1) is 10.3. The Kier molecular flexibility index (Phi) is 3.24. The van der Waals surface area contributed by atoms with E-state index in [1.165, 1.54) is 16.0 Å². The number of aryl methyl sites for hydroxylation is 2. The molecule has 1 amide bonds. The van der Waals surface area contributed by atoms with Crippen LogP contribution in [0.15, 0.2) is 24.3 Å². The van der Waals surface area contributed by atoms with Crippen LogP contribution in [0.5, 0.6) is 0 Å². The molecule has 1 aliphatic heterocycles. The number of anilines is 1. The van der Waals surface area contributed by atoms with Crippen LogP contribution < -0.4 is 5.32 Å². The first-order valence-corrected chi connectivity index (χ1v) is 8.13. The third-order valence-electron chi connectivity index (χ3n) is 4.04. The lowest BCUT2D eigenvalue weighted by atomic mass is 9.94. The third kappa shape index (κ3) is 2.36. The number of fused-ring (bicyclic) bond motifs is 3. The number of thiazole rings is 1. The van der Waals surface area contributed by atoms with Gasteiger partial charge in [0.25, 0.3) is 5.91 Å². The highest BCUT2D eigenvalue weighted by atomic mass is 32.1. The van der Waals surface area contributed by atoms with E-state index in [4.69, 9.17) is 4.74 Å². The highest BCUT2D eigenvalue weighted by Crippen LogP contribution is 2.38. The number of hydrogen-bond donors (Lipinski definition) is 1. The SMILES string of the molecule is O=C(Nc1nc2c(s1)CCc1ccccc1-2)[C@@H]1CCCO1. The molecule has 1 aromatic heterocycles. The van der Waals surface area contributed by atoms with E-state index in [0.29, 0.717) is 11.7 Å². The minimum atomic E-state index is -0.307. The molecule has 108 valence electrons. The second kappa shape index (κ2) is 5.24. The zero-order valence-electron chi connectivity index (χ0n) is 11.6. The molecule has 1 atom stereocenters. The molecule has 2 aromatic rings. The zero-order valence-corrected chi connectivity index (χ0v) is 12.4. The summed E-state index contributed by atoms with van der Waals surface area (Å²) in [7, 11) is 0. The maximum atomic E-state index is 12.1. The van der Waals surface area contributed by atoms with Gasteiger partial charge in [-0.3, -0.25) is 10.1 Å². The predicted molar refractivity (Wildman–Crippen MR) is 82.6 cm³/mol. The van der Waals surface area contributed by atoms with Gasteiger partial charge < -0.3 is 4.74 Å². The number of hydrogen-bond acceptors (Lipinski definition) is 4. The second-order valence-electron chi connectivity index (χ2n) is 5.44. The van der Waals surface area contributed by atoms with Crippen LogP contribution in [0, 0.1) is 0 Å². The van der Waals surface area contributed by atoms with Crippen LogP contribution in [0.2, 0.25) is 0 Å². The molecule has 1 aliphatic carbocycles. The molecule has 1 fully saturated rings. The lowest BCUT2D eigenvalue weighted by Crippen LogP contribution is -2.26. The van der Waals surface area contributed by atoms with Crippen molar-refractivity contribution in [2.45, 2.75) is 31.8 Å². The smallest absolute Gasteiger partial charge is 0.255 e. The minimum absolute atomic E-state index is 0.0631. The van der Waals surface area contributed by atoms with Gasteiger partial charge >= 0.3 is 0 Å². The fourth-order valence-corrected chi connectivity index (χ4v) is 3.95. The first kappa shape index (κ1) is 13.0. The molecule has 21 heavy (non-hydrogen) atoms. The summed E-state index contributed by atoms with van der Waals surface area (Å²) < 4.78 is 5.41. The number of nitrogens with zero attached hydrogens (tertiary/aromatic N) is 1. The topological polar surface area (TPSA) is 51.2 Å². The predicted octanol–water partition coefficient (Wildman–Crippen LogP) is 3.03. The van der Waals surface area contributed by atoms with Crippen molar-refractivity contribution in [2.24, 2.45) is 0 Å². The van der Waals surface area contributed by atoms with E-state index in [2.05, 4.69) is 28.5 Å². The lowest BCUT2D eigenvalue weighted by Gasteiger charge is -2.13. The van der Waals surface area contributed by atoms with E-state index in [1.54, 1.807) is 11.3 Å². The molecule has 1 aromatic carbocycles. The number of carbonyl (C=O) groups is 1. The number of benzene rings is 1. The fourth-order valence-electron chi connectivity index (χ4n) is 2.97. The summed E-state index contributed by atoms with van der Waals surface area (Å²) in [5, 5.41) is 3.61. The Morgan fingerprint density at radius 1 is 1.33 bits per heavy atom. The molecule has 4 nitrogen and oxygen atoms in total. The fraction of sp³-hybridized carbons (Fsp3) is 0.375. The van der Waals surface area contributed by atoms with Crippen LogP contribution in [0.3, 0.4) is 0 Å². The van der Waals surface area contributed by atoms with Crippen LogP contribution >= 0.6 is 11.3 Å². The van der Waals surface area contributed by atoms with Crippen molar-refractivity contribution in [3.05, 3.63) is 34.7 Å². The minimum Gasteiger partial charge on any atom is -0.368 e. The van der Waals surface area contributed by atoms with Gasteiger partial charge in [0.2, 0.25) is 0 Å². The summed E-state index contributed by atoms with van der Waals surface area (Å²) in [5.41, 5.74) is 3.57. The summed E-state index contributed by atoms with van der Waals surface area (Å²) in [6.07, 6.45) is 3.50. The van der Waals surface area contributed by atoms with Gasteiger partial charge in [-0.2, -0.15) is 0 Å². The van der Waals surface area contributed by atoms with E-state index in [1.807, 2.05) is 6.07 Å². The molecule has 5 heteroatoms. The van der Waals surface area contributed by atoms with Crippen LogP contribution in [0.1, 0.15) is 23.3 Å². The van der Waals surface area contributed by atoms with Gasteiger partial charge in [0.05, 0.1) is 5.69 Å². The van der Waals surface area contributed by atoms with Crippen molar-refractivity contribution < 1.29 is 9.53 Å². The standard InChI is InChI=1S/C16H16N2O2S/c19-15(12-6-3-9-20-12)18-16-17-14-11-5-2-1-4-10(11)7-8-13(14)21-16/h1-2,4-5,12H,3,6-9H2,(H,17,18,19)/t12-/m0/s1. The maximum absolute atomic E-state index is 12.1. The van der Waals surface area contributed by atoms with E-state index >= 15 is 0 Å². The molecular formula is C16H16N2O2S. The molecule has 1 N–H and O–H groups in total. The first-order valence-electron chi connectivity index (χ1n) is 7.32. The lowest BCUT2D eigenvalue weighted by molar-refractivity contribution is -0.124. The van der Waals surface area contributed by atoms with Crippen molar-refractivity contribution >= 4 is 22.4 Å². The monoisotopic (exact) mass is 300 g/mol. The van der Waals surface area contributed by atoms with Gasteiger partial charge in [-0.05, 0) is 31.2 Å². The average Bonchev–Trinajstić information content (AvgIpc) is 3.16. The maximum Gasteiger partial charge on any atom is 0.255 e. The Morgan fingerprint density at radius 2 is 2.24 bits per heavy atom. The molecule has 0 saturated carbocycles. The Hall–Kier alpha value is -1.72. The quantitative estimate of drug-likeness (QED) is 0.927. The summed E-state index contributed by atoms with van der Waals surface area (Å²) >= 11 is 1.59. The van der Waals surface area contributed by atoms with Gasteiger partial charge in [-0.25, -0.2) is 4.98 Å².